The number of quaternary nitrogens is 1. The van der Waals surface area contributed by atoms with Crippen LogP contribution in [-0.4, -0.2) is 69.4 Å². The van der Waals surface area contributed by atoms with E-state index in [9.17, 15) is 19.0 Å². The molecule has 0 aliphatic rings. The van der Waals surface area contributed by atoms with Crippen LogP contribution in [0.1, 0.15) is 323 Å². The van der Waals surface area contributed by atoms with Gasteiger partial charge in [-0.1, -0.05) is 294 Å². The molecule has 0 bridgehead atoms. The van der Waals surface area contributed by atoms with Crippen molar-refractivity contribution in [2.24, 2.45) is 0 Å². The number of ether oxygens (including phenoxy) is 1. The first-order valence-electron chi connectivity index (χ1n) is 34.1. The number of hydrogen-bond donors (Lipinski definition) is 1. The minimum absolute atomic E-state index is 0.0253. The lowest BCUT2D eigenvalue weighted by atomic mass is 10.0. The lowest BCUT2D eigenvalue weighted by Crippen LogP contribution is -2.47. The summed E-state index contributed by atoms with van der Waals surface area (Å²) in [6.07, 6.45) is 76.2. The molecule has 1 amide bonds. The van der Waals surface area contributed by atoms with Gasteiger partial charge in [-0.15, -0.1) is 0 Å². The molecule has 80 heavy (non-hydrogen) atoms. The predicted molar refractivity (Wildman–Crippen MR) is 344 cm³/mol. The van der Waals surface area contributed by atoms with Gasteiger partial charge in [0.25, 0.3) is 7.82 Å². The highest BCUT2D eigenvalue weighted by molar-refractivity contribution is 7.45. The topological polar surface area (TPSA) is 114 Å². The third-order valence-electron chi connectivity index (χ3n) is 15.2. The quantitative estimate of drug-likeness (QED) is 0.0212. The number of nitrogens with zero attached hydrogens (tertiary/aromatic N) is 1. The maximum atomic E-state index is 13.6. The van der Waals surface area contributed by atoms with Gasteiger partial charge in [-0.25, -0.2) is 0 Å². The monoisotopic (exact) mass is 1140 g/mol. The molecule has 0 fully saturated rings. The van der Waals surface area contributed by atoms with Crippen molar-refractivity contribution in [3.8, 4) is 0 Å². The van der Waals surface area contributed by atoms with Crippen molar-refractivity contribution in [2.75, 3.05) is 40.9 Å². The molecule has 0 radical (unpaired) electrons. The van der Waals surface area contributed by atoms with Crippen molar-refractivity contribution in [2.45, 2.75) is 335 Å². The minimum atomic E-state index is -4.71. The summed E-state index contributed by atoms with van der Waals surface area (Å²) in [6.45, 7) is 6.84. The van der Waals surface area contributed by atoms with Crippen LogP contribution >= 0.6 is 7.82 Å². The van der Waals surface area contributed by atoms with E-state index in [0.717, 1.165) is 89.9 Å². The second-order valence-electron chi connectivity index (χ2n) is 24.3. The minimum Gasteiger partial charge on any atom is -0.756 e. The lowest BCUT2D eigenvalue weighted by molar-refractivity contribution is -0.870. The highest BCUT2D eigenvalue weighted by Crippen LogP contribution is 2.38. The number of likely N-dealkylation sites (N-methyl/N-ethyl adjacent to an activating group) is 1. The van der Waals surface area contributed by atoms with Crippen LogP contribution in [0.25, 0.3) is 0 Å². The van der Waals surface area contributed by atoms with Crippen molar-refractivity contribution >= 4 is 19.7 Å². The number of carbonyl (C=O) groups is 2. The van der Waals surface area contributed by atoms with Crippen molar-refractivity contribution in [3.63, 3.8) is 0 Å². The Hall–Kier alpha value is -2.29. The molecule has 0 aliphatic heterocycles. The molecule has 0 rings (SSSR count). The van der Waals surface area contributed by atoms with Gasteiger partial charge in [0, 0.05) is 12.8 Å². The van der Waals surface area contributed by atoms with Crippen LogP contribution in [0.3, 0.4) is 0 Å². The molecule has 468 valence electrons. The van der Waals surface area contributed by atoms with Gasteiger partial charge in [-0.2, -0.15) is 0 Å². The Balaban J connectivity index is 5.17. The molecule has 10 heteroatoms. The summed E-state index contributed by atoms with van der Waals surface area (Å²) >= 11 is 0. The smallest absolute Gasteiger partial charge is 0.306 e. The Labute approximate surface area is 496 Å². The van der Waals surface area contributed by atoms with Crippen molar-refractivity contribution in [3.05, 3.63) is 60.8 Å². The average molecular weight is 1140 g/mol. The van der Waals surface area contributed by atoms with Crippen LogP contribution in [0, 0.1) is 0 Å². The molecule has 9 nitrogen and oxygen atoms in total. The van der Waals surface area contributed by atoms with Crippen LogP contribution in [0.2, 0.25) is 0 Å². The number of phosphoric acid groups is 1. The highest BCUT2D eigenvalue weighted by atomic mass is 31.2. The standard InChI is InChI=1S/C70H131N2O7P/c1-7-10-13-16-19-22-25-28-30-32-34-36-38-40-42-44-47-50-53-56-59-62-69(73)71-67(66-78-80(75,76)77-65-64-72(4,5)6)68(61-58-55-52-49-46-27-24-21-18-15-12-9-3)79-70(74)63-60-57-54-51-48-45-43-41-39-37-35-33-31-29-26-23-20-17-14-11-8-2/h20,23,29,31,35,37,41,43,58,61,67-68H,7-19,21-22,24-28,30,32-34,36,38-40,42,44-57,59-60,62-66H2,1-6H3,(H-,71,73,75,76)/b23-20-,31-29-,37-35-,43-41-,61-58+. The number of allylic oxidation sites excluding steroid dienone is 9. The molecule has 1 N–H and O–H groups in total. The number of hydrogen-bond acceptors (Lipinski definition) is 7. The Bertz CT molecular complexity index is 1550. The maximum absolute atomic E-state index is 13.6. The van der Waals surface area contributed by atoms with Gasteiger partial charge in [0.05, 0.1) is 33.8 Å². The SMILES string of the molecule is CCCCC/C=C\C/C=C\C/C=C\C/C=C\CCCCCCCC(=O)OC(/C=C/CCCCCCCCCCCC)C(COP(=O)([O-])OCC[N+](C)(C)C)NC(=O)CCCCCCCCCCCCCCCCCCCCCCC. The van der Waals surface area contributed by atoms with E-state index in [4.69, 9.17) is 13.8 Å². The third kappa shape index (κ3) is 60.3. The molecule has 0 aromatic heterocycles. The van der Waals surface area contributed by atoms with E-state index in [0.29, 0.717) is 23.9 Å². The molecule has 0 aromatic rings. The summed E-state index contributed by atoms with van der Waals surface area (Å²) in [7, 11) is 1.18. The van der Waals surface area contributed by atoms with Crippen molar-refractivity contribution in [1.29, 1.82) is 0 Å². The second-order valence-corrected chi connectivity index (χ2v) is 25.7. The number of esters is 1. The molecule has 0 saturated heterocycles. The van der Waals surface area contributed by atoms with Gasteiger partial charge in [-0.3, -0.25) is 14.2 Å². The first kappa shape index (κ1) is 77.7. The fraction of sp³-hybridized carbons (Fsp3) is 0.829. The molecule has 3 unspecified atom stereocenters. The van der Waals surface area contributed by atoms with Crippen LogP contribution in [0.15, 0.2) is 60.8 Å². The lowest BCUT2D eigenvalue weighted by Gasteiger charge is -2.30. The Morgan fingerprint density at radius 3 is 1.16 bits per heavy atom. The summed E-state index contributed by atoms with van der Waals surface area (Å²) in [4.78, 5) is 40.1. The van der Waals surface area contributed by atoms with Gasteiger partial charge in [0.2, 0.25) is 5.91 Å². The van der Waals surface area contributed by atoms with Gasteiger partial charge in [0.1, 0.15) is 19.3 Å². The molecule has 0 aromatic carbocycles. The molecular weight excluding hydrogens is 1010 g/mol. The van der Waals surface area contributed by atoms with Crippen LogP contribution in [-0.2, 0) is 27.9 Å². The van der Waals surface area contributed by atoms with E-state index in [2.05, 4.69) is 74.7 Å². The normalized spacial score (nSPS) is 13.9. The summed E-state index contributed by atoms with van der Waals surface area (Å²) in [5, 5.41) is 3.04. The summed E-state index contributed by atoms with van der Waals surface area (Å²) in [5.41, 5.74) is 0. The zero-order chi connectivity index (χ0) is 58.6. The van der Waals surface area contributed by atoms with Gasteiger partial charge >= 0.3 is 5.97 Å². The van der Waals surface area contributed by atoms with E-state index >= 15 is 0 Å². The zero-order valence-corrected chi connectivity index (χ0v) is 54.4. The maximum Gasteiger partial charge on any atom is 0.306 e. The molecule has 0 spiro atoms. The van der Waals surface area contributed by atoms with Gasteiger partial charge in [0.15, 0.2) is 0 Å². The summed E-state index contributed by atoms with van der Waals surface area (Å²) in [5.74, 6) is -0.550. The van der Waals surface area contributed by atoms with Gasteiger partial charge < -0.3 is 28.5 Å². The fourth-order valence-electron chi connectivity index (χ4n) is 9.92. The van der Waals surface area contributed by atoms with E-state index in [1.165, 1.54) is 193 Å². The molecular formula is C70H131N2O7P. The van der Waals surface area contributed by atoms with E-state index in [-0.39, 0.29) is 24.9 Å². The molecule has 0 saturated carbocycles. The molecule has 0 aliphatic carbocycles. The van der Waals surface area contributed by atoms with Crippen LogP contribution in [0.4, 0.5) is 0 Å². The number of nitrogens with one attached hydrogen (secondary N) is 1. The number of unbranched alkanes of at least 4 members (excludes halogenated alkanes) is 38. The Morgan fingerprint density at radius 2 is 0.762 bits per heavy atom. The predicted octanol–water partition coefficient (Wildman–Crippen LogP) is 20.8. The Kier molecular flexibility index (Phi) is 58.1. The number of amides is 1. The van der Waals surface area contributed by atoms with E-state index in [1.807, 2.05) is 33.3 Å². The molecule has 0 heterocycles. The zero-order valence-electron chi connectivity index (χ0n) is 53.5. The average Bonchev–Trinajstić information content (AvgIpc) is 3.42. The third-order valence-corrected chi connectivity index (χ3v) is 16.2. The highest BCUT2D eigenvalue weighted by Gasteiger charge is 2.27. The Morgan fingerprint density at radius 1 is 0.438 bits per heavy atom. The fourth-order valence-corrected chi connectivity index (χ4v) is 10.6. The first-order chi connectivity index (χ1) is 38.9. The molecule has 3 atom stereocenters. The van der Waals surface area contributed by atoms with Crippen LogP contribution < -0.4 is 10.2 Å². The summed E-state index contributed by atoms with van der Waals surface area (Å²) < 4.78 is 30.4. The largest absolute Gasteiger partial charge is 0.756 e. The van der Waals surface area contributed by atoms with Gasteiger partial charge in [-0.05, 0) is 76.7 Å². The first-order valence-corrected chi connectivity index (χ1v) is 35.6. The number of carbonyl (C=O) groups excluding carboxylic acids is 2. The van der Waals surface area contributed by atoms with E-state index in [1.54, 1.807) is 0 Å². The van der Waals surface area contributed by atoms with Crippen LogP contribution in [0.5, 0.6) is 0 Å². The number of rotatable bonds is 62. The van der Waals surface area contributed by atoms with Crippen molar-refractivity contribution in [1.82, 2.24) is 5.32 Å². The summed E-state index contributed by atoms with van der Waals surface area (Å²) in [6, 6.07) is -0.896. The second kappa shape index (κ2) is 59.9. The van der Waals surface area contributed by atoms with E-state index < -0.39 is 26.6 Å². The number of phosphoric ester groups is 1. The van der Waals surface area contributed by atoms with Crippen molar-refractivity contribution < 1.29 is 37.3 Å².